The van der Waals surface area contributed by atoms with Crippen LogP contribution in [0, 0.1) is 16.7 Å². The summed E-state index contributed by atoms with van der Waals surface area (Å²) >= 11 is 0. The Labute approximate surface area is 89.8 Å². The summed E-state index contributed by atoms with van der Waals surface area (Å²) in [5.74, 6) is 0. The topological polar surface area (TPSA) is 62.5 Å². The van der Waals surface area contributed by atoms with Gasteiger partial charge >= 0.3 is 0 Å². The van der Waals surface area contributed by atoms with E-state index < -0.39 is 11.5 Å². The molecule has 4 nitrogen and oxygen atoms in total. The molecule has 0 radical (unpaired) electrons. The lowest BCUT2D eigenvalue weighted by atomic mass is 9.76. The Balaban J connectivity index is 2.07. The Hall–Kier alpha value is -0.630. The lowest BCUT2D eigenvalue weighted by Gasteiger charge is -2.37. The second-order valence-corrected chi connectivity index (χ2v) is 4.42. The number of aliphatic hydroxyl groups excluding tert-OH is 1. The number of nitriles is 1. The minimum absolute atomic E-state index is 0.175. The normalized spacial score (nSPS) is 38.5. The molecular formula is C11H17NO3. The quantitative estimate of drug-likeness (QED) is 0.735. The van der Waals surface area contributed by atoms with E-state index in [9.17, 15) is 10.4 Å². The SMILES string of the molecule is N#CC1(C(O)C2CCCO2)CCCOC1. The monoisotopic (exact) mass is 211 g/mol. The highest BCUT2D eigenvalue weighted by atomic mass is 16.5. The number of ether oxygens (including phenoxy) is 2. The van der Waals surface area contributed by atoms with E-state index in [2.05, 4.69) is 6.07 Å². The van der Waals surface area contributed by atoms with E-state index in [1.807, 2.05) is 0 Å². The van der Waals surface area contributed by atoms with E-state index in [4.69, 9.17) is 9.47 Å². The molecule has 3 atom stereocenters. The number of hydrogen-bond acceptors (Lipinski definition) is 4. The highest BCUT2D eigenvalue weighted by Gasteiger charge is 2.45. The van der Waals surface area contributed by atoms with Crippen LogP contribution in [-0.2, 0) is 9.47 Å². The molecule has 2 aliphatic rings. The van der Waals surface area contributed by atoms with Crippen molar-refractivity contribution in [3.05, 3.63) is 0 Å². The molecule has 2 aliphatic heterocycles. The molecule has 0 saturated carbocycles. The zero-order valence-electron chi connectivity index (χ0n) is 8.82. The highest BCUT2D eigenvalue weighted by Crippen LogP contribution is 2.36. The van der Waals surface area contributed by atoms with Crippen molar-refractivity contribution in [3.63, 3.8) is 0 Å². The zero-order valence-corrected chi connectivity index (χ0v) is 8.82. The van der Waals surface area contributed by atoms with Gasteiger partial charge in [-0.15, -0.1) is 0 Å². The first-order valence-electron chi connectivity index (χ1n) is 5.57. The molecule has 2 rings (SSSR count). The van der Waals surface area contributed by atoms with Gasteiger partial charge in [-0.3, -0.25) is 0 Å². The van der Waals surface area contributed by atoms with Gasteiger partial charge in [0.1, 0.15) is 11.5 Å². The van der Waals surface area contributed by atoms with Crippen molar-refractivity contribution in [1.82, 2.24) is 0 Å². The second-order valence-electron chi connectivity index (χ2n) is 4.42. The number of nitrogens with zero attached hydrogens (tertiary/aromatic N) is 1. The maximum Gasteiger partial charge on any atom is 0.109 e. The van der Waals surface area contributed by atoms with Gasteiger partial charge in [-0.2, -0.15) is 5.26 Å². The maximum atomic E-state index is 10.2. The van der Waals surface area contributed by atoms with Crippen LogP contribution in [0.15, 0.2) is 0 Å². The second kappa shape index (κ2) is 4.48. The summed E-state index contributed by atoms with van der Waals surface area (Å²) in [6.45, 7) is 1.73. The number of rotatable bonds is 2. The van der Waals surface area contributed by atoms with Crippen LogP contribution in [0.1, 0.15) is 25.7 Å². The molecule has 1 N–H and O–H groups in total. The van der Waals surface area contributed by atoms with Gasteiger partial charge in [-0.05, 0) is 25.7 Å². The van der Waals surface area contributed by atoms with E-state index in [0.717, 1.165) is 19.3 Å². The maximum absolute atomic E-state index is 10.2. The standard InChI is InChI=1S/C11H17NO3/c12-7-11(4-2-5-14-8-11)10(13)9-3-1-6-15-9/h9-10,13H,1-6,8H2. The molecular weight excluding hydrogens is 194 g/mol. The molecule has 4 heteroatoms. The van der Waals surface area contributed by atoms with Gasteiger partial charge in [0.2, 0.25) is 0 Å². The Morgan fingerprint density at radius 3 is 2.80 bits per heavy atom. The van der Waals surface area contributed by atoms with Crippen LogP contribution in [-0.4, -0.2) is 37.1 Å². The fourth-order valence-corrected chi connectivity index (χ4v) is 2.41. The highest BCUT2D eigenvalue weighted by molar-refractivity contribution is 5.07. The zero-order chi connectivity index (χ0) is 10.7. The van der Waals surface area contributed by atoms with E-state index in [1.165, 1.54) is 0 Å². The molecule has 0 amide bonds. The number of hydrogen-bond donors (Lipinski definition) is 1. The smallest absolute Gasteiger partial charge is 0.109 e. The van der Waals surface area contributed by atoms with Gasteiger partial charge in [0.05, 0.1) is 18.8 Å². The van der Waals surface area contributed by atoms with Gasteiger partial charge in [-0.1, -0.05) is 0 Å². The van der Waals surface area contributed by atoms with Crippen molar-refractivity contribution >= 4 is 0 Å². The molecule has 3 unspecified atom stereocenters. The molecule has 0 aromatic rings. The third-order valence-electron chi connectivity index (χ3n) is 3.38. The van der Waals surface area contributed by atoms with Crippen LogP contribution < -0.4 is 0 Å². The van der Waals surface area contributed by atoms with Crippen LogP contribution in [0.25, 0.3) is 0 Å². The summed E-state index contributed by atoms with van der Waals surface area (Å²) in [6.07, 6.45) is 2.51. The van der Waals surface area contributed by atoms with Crippen molar-refractivity contribution in [1.29, 1.82) is 5.26 Å². The van der Waals surface area contributed by atoms with E-state index in [-0.39, 0.29) is 6.10 Å². The largest absolute Gasteiger partial charge is 0.389 e. The Kier molecular flexibility index (Phi) is 3.25. The summed E-state index contributed by atoms with van der Waals surface area (Å²) in [5.41, 5.74) is -0.743. The lowest BCUT2D eigenvalue weighted by molar-refractivity contribution is -0.102. The minimum Gasteiger partial charge on any atom is -0.389 e. The third-order valence-corrected chi connectivity index (χ3v) is 3.38. The Morgan fingerprint density at radius 1 is 1.40 bits per heavy atom. The summed E-state index contributed by atoms with van der Waals surface area (Å²) in [7, 11) is 0. The Morgan fingerprint density at radius 2 is 2.27 bits per heavy atom. The molecule has 0 aromatic carbocycles. The molecule has 2 heterocycles. The summed E-state index contributed by atoms with van der Waals surface area (Å²) in [6, 6.07) is 2.24. The van der Waals surface area contributed by atoms with Crippen molar-refractivity contribution in [2.24, 2.45) is 5.41 Å². The van der Waals surface area contributed by atoms with Gasteiger partial charge in [0.25, 0.3) is 0 Å². The summed E-state index contributed by atoms with van der Waals surface area (Å²) in [5, 5.41) is 19.4. The van der Waals surface area contributed by atoms with Gasteiger partial charge in [0, 0.05) is 13.2 Å². The molecule has 0 aliphatic carbocycles. The van der Waals surface area contributed by atoms with Gasteiger partial charge < -0.3 is 14.6 Å². The van der Waals surface area contributed by atoms with E-state index in [1.54, 1.807) is 0 Å². The fourth-order valence-electron chi connectivity index (χ4n) is 2.41. The lowest BCUT2D eigenvalue weighted by Crippen LogP contribution is -2.47. The molecule has 0 spiro atoms. The first-order valence-corrected chi connectivity index (χ1v) is 5.57. The van der Waals surface area contributed by atoms with Crippen LogP contribution in [0.5, 0.6) is 0 Å². The van der Waals surface area contributed by atoms with Crippen LogP contribution in [0.2, 0.25) is 0 Å². The third kappa shape index (κ3) is 2.00. The average molecular weight is 211 g/mol. The first kappa shape index (κ1) is 10.9. The predicted octanol–water partition coefficient (Wildman–Crippen LogP) is 0.847. The molecule has 15 heavy (non-hydrogen) atoms. The van der Waals surface area contributed by atoms with Crippen LogP contribution in [0.3, 0.4) is 0 Å². The predicted molar refractivity (Wildman–Crippen MR) is 53.1 cm³/mol. The van der Waals surface area contributed by atoms with Crippen LogP contribution >= 0.6 is 0 Å². The first-order chi connectivity index (χ1) is 7.28. The van der Waals surface area contributed by atoms with Gasteiger partial charge in [0.15, 0.2) is 0 Å². The van der Waals surface area contributed by atoms with Crippen molar-refractivity contribution in [3.8, 4) is 6.07 Å². The number of aliphatic hydroxyl groups is 1. The van der Waals surface area contributed by atoms with Crippen LogP contribution in [0.4, 0.5) is 0 Å². The Bertz CT molecular complexity index is 249. The molecule has 84 valence electrons. The van der Waals surface area contributed by atoms with Gasteiger partial charge in [-0.25, -0.2) is 0 Å². The average Bonchev–Trinajstić information content (AvgIpc) is 2.82. The molecule has 0 bridgehead atoms. The minimum atomic E-state index is -0.743. The van der Waals surface area contributed by atoms with E-state index in [0.29, 0.717) is 26.2 Å². The van der Waals surface area contributed by atoms with Crippen molar-refractivity contribution < 1.29 is 14.6 Å². The molecule has 0 aromatic heterocycles. The molecule has 2 saturated heterocycles. The molecule has 2 fully saturated rings. The summed E-state index contributed by atoms with van der Waals surface area (Å²) < 4.78 is 10.8. The fraction of sp³-hybridized carbons (Fsp3) is 0.909. The van der Waals surface area contributed by atoms with Crippen molar-refractivity contribution in [2.75, 3.05) is 19.8 Å². The summed E-state index contributed by atoms with van der Waals surface area (Å²) in [4.78, 5) is 0. The van der Waals surface area contributed by atoms with Crippen molar-refractivity contribution in [2.45, 2.75) is 37.9 Å². The van der Waals surface area contributed by atoms with E-state index >= 15 is 0 Å².